The van der Waals surface area contributed by atoms with E-state index in [0.717, 1.165) is 0 Å². The Bertz CT molecular complexity index is 715. The molecule has 0 spiro atoms. The molecule has 0 aromatic carbocycles. The zero-order valence-electron chi connectivity index (χ0n) is 10.3. The van der Waals surface area contributed by atoms with E-state index in [1.165, 1.54) is 18.5 Å². The molecular formula is C12H13FN4OS. The first-order valence-electron chi connectivity index (χ1n) is 5.44. The van der Waals surface area contributed by atoms with Crippen LogP contribution in [0.1, 0.15) is 5.56 Å². The van der Waals surface area contributed by atoms with Gasteiger partial charge < -0.3 is 5.73 Å². The average molecular weight is 280 g/mol. The van der Waals surface area contributed by atoms with E-state index in [2.05, 4.69) is 9.97 Å². The predicted octanol–water partition coefficient (Wildman–Crippen LogP) is 2.04. The van der Waals surface area contributed by atoms with Gasteiger partial charge in [0.05, 0.1) is 11.4 Å². The molecule has 7 heteroatoms. The number of halogens is 1. The van der Waals surface area contributed by atoms with Crippen molar-refractivity contribution in [3.05, 3.63) is 42.0 Å². The van der Waals surface area contributed by atoms with Crippen molar-refractivity contribution >= 4 is 15.5 Å². The molecule has 0 radical (unpaired) electrons. The van der Waals surface area contributed by atoms with Crippen molar-refractivity contribution in [3.8, 4) is 11.3 Å². The fraction of sp³-hybridized carbons (Fsp3) is 0.167. The van der Waals surface area contributed by atoms with Gasteiger partial charge in [0, 0.05) is 27.7 Å². The van der Waals surface area contributed by atoms with E-state index in [0.29, 0.717) is 16.8 Å². The van der Waals surface area contributed by atoms with Crippen LogP contribution in [0.2, 0.25) is 0 Å². The molecule has 0 fully saturated rings. The van der Waals surface area contributed by atoms with E-state index in [1.807, 2.05) is 0 Å². The molecule has 2 rings (SSSR count). The van der Waals surface area contributed by atoms with E-state index in [9.17, 15) is 8.60 Å². The Morgan fingerprint density at radius 1 is 1.47 bits per heavy atom. The first-order valence-corrected chi connectivity index (χ1v) is 7.57. The molecule has 5 nitrogen and oxygen atoms in total. The average Bonchev–Trinajstić information content (AvgIpc) is 2.26. The minimum Gasteiger partial charge on any atom is -0.383 e. The number of pyridine rings is 2. The lowest BCUT2D eigenvalue weighted by molar-refractivity contribution is 0.583. The number of aromatic nitrogens is 2. The van der Waals surface area contributed by atoms with Gasteiger partial charge in [-0.3, -0.25) is 4.78 Å². The zero-order chi connectivity index (χ0) is 14.0. The van der Waals surface area contributed by atoms with Gasteiger partial charge in [0.25, 0.3) is 0 Å². The third-order valence-corrected chi connectivity index (χ3v) is 3.29. The summed E-state index contributed by atoms with van der Waals surface area (Å²) in [5.74, 6) is -0.478. The number of rotatable bonds is 3. The van der Waals surface area contributed by atoms with Gasteiger partial charge in [-0.15, -0.1) is 0 Å². The van der Waals surface area contributed by atoms with E-state index >= 15 is 0 Å². The highest BCUT2D eigenvalue weighted by Gasteiger charge is 2.10. The fourth-order valence-corrected chi connectivity index (χ4v) is 2.53. The first kappa shape index (κ1) is 13.4. The smallest absolute Gasteiger partial charge is 0.213 e. The van der Waals surface area contributed by atoms with Gasteiger partial charge in [0.15, 0.2) is 0 Å². The van der Waals surface area contributed by atoms with Gasteiger partial charge in [-0.2, -0.15) is 4.39 Å². The molecular weight excluding hydrogens is 267 g/mol. The third-order valence-electron chi connectivity index (χ3n) is 2.41. The highest BCUT2D eigenvalue weighted by atomic mass is 32.2. The Morgan fingerprint density at radius 3 is 2.84 bits per heavy atom. The van der Waals surface area contributed by atoms with E-state index < -0.39 is 15.7 Å². The minimum absolute atomic E-state index is 0.0282. The van der Waals surface area contributed by atoms with Crippen LogP contribution in [-0.2, 0) is 15.5 Å². The van der Waals surface area contributed by atoms with Crippen molar-refractivity contribution in [1.82, 2.24) is 9.97 Å². The van der Waals surface area contributed by atoms with Gasteiger partial charge in [0.1, 0.15) is 5.82 Å². The summed E-state index contributed by atoms with van der Waals surface area (Å²) in [6.07, 6.45) is 2.84. The second-order valence-corrected chi connectivity index (χ2v) is 6.57. The van der Waals surface area contributed by atoms with Crippen molar-refractivity contribution in [1.29, 1.82) is 4.78 Å². The summed E-state index contributed by atoms with van der Waals surface area (Å²) in [5.41, 5.74) is 7.00. The number of nitrogens with one attached hydrogen (secondary N) is 1. The quantitative estimate of drug-likeness (QED) is 0.841. The standard InChI is InChI=1S/C12H13FN4OS/c1-19(15,18)7-8-5-10(17-11(13)6-8)9-3-2-4-16-12(9)14/h2-6,15H,7H2,1H3,(H2,14,16). The maximum Gasteiger partial charge on any atom is 0.213 e. The summed E-state index contributed by atoms with van der Waals surface area (Å²) < 4.78 is 32.4. The lowest BCUT2D eigenvalue weighted by Crippen LogP contribution is -2.02. The van der Waals surface area contributed by atoms with Crippen LogP contribution in [0.4, 0.5) is 10.2 Å². The number of nitrogens with zero attached hydrogens (tertiary/aromatic N) is 2. The molecule has 2 heterocycles. The minimum atomic E-state index is -2.74. The predicted molar refractivity (Wildman–Crippen MR) is 72.3 cm³/mol. The van der Waals surface area contributed by atoms with Crippen LogP contribution < -0.4 is 5.73 Å². The Morgan fingerprint density at radius 2 is 2.21 bits per heavy atom. The van der Waals surface area contributed by atoms with Crippen molar-refractivity contribution in [2.45, 2.75) is 5.75 Å². The molecule has 100 valence electrons. The summed E-state index contributed by atoms with van der Waals surface area (Å²) in [5, 5.41) is 0. The maximum absolute atomic E-state index is 13.5. The van der Waals surface area contributed by atoms with Gasteiger partial charge in [-0.1, -0.05) is 0 Å². The van der Waals surface area contributed by atoms with E-state index in [4.69, 9.17) is 10.5 Å². The Kier molecular flexibility index (Phi) is 3.48. The van der Waals surface area contributed by atoms with Crippen LogP contribution in [0.5, 0.6) is 0 Å². The van der Waals surface area contributed by atoms with Crippen LogP contribution in [0.3, 0.4) is 0 Å². The lowest BCUT2D eigenvalue weighted by atomic mass is 10.1. The molecule has 1 unspecified atom stereocenters. The normalized spacial score (nSPS) is 14.0. The number of nitrogen functional groups attached to an aromatic ring is 1. The second kappa shape index (κ2) is 4.93. The number of hydrogen-bond donors (Lipinski definition) is 2. The summed E-state index contributed by atoms with van der Waals surface area (Å²) in [6.45, 7) is 0. The highest BCUT2D eigenvalue weighted by molar-refractivity contribution is 7.90. The molecule has 2 aromatic rings. The lowest BCUT2D eigenvalue weighted by Gasteiger charge is -2.07. The molecule has 0 saturated heterocycles. The Labute approximate surface area is 110 Å². The van der Waals surface area contributed by atoms with Crippen molar-refractivity contribution < 1.29 is 8.60 Å². The van der Waals surface area contributed by atoms with E-state index in [1.54, 1.807) is 18.2 Å². The molecule has 3 N–H and O–H groups in total. The molecule has 1 atom stereocenters. The molecule has 2 aromatic heterocycles. The second-order valence-electron chi connectivity index (χ2n) is 4.27. The van der Waals surface area contributed by atoms with Crippen molar-refractivity contribution in [3.63, 3.8) is 0 Å². The monoisotopic (exact) mass is 280 g/mol. The van der Waals surface area contributed by atoms with Gasteiger partial charge in [0.2, 0.25) is 5.95 Å². The first-order chi connectivity index (χ1) is 8.85. The molecule has 0 bridgehead atoms. The molecule has 19 heavy (non-hydrogen) atoms. The molecule has 0 amide bonds. The van der Waals surface area contributed by atoms with Crippen LogP contribution in [-0.4, -0.2) is 20.4 Å². The zero-order valence-corrected chi connectivity index (χ0v) is 11.1. The van der Waals surface area contributed by atoms with Crippen molar-refractivity contribution in [2.24, 2.45) is 0 Å². The topological polar surface area (TPSA) is 92.7 Å². The van der Waals surface area contributed by atoms with Crippen LogP contribution in [0.25, 0.3) is 11.3 Å². The highest BCUT2D eigenvalue weighted by Crippen LogP contribution is 2.23. The molecule has 0 aliphatic carbocycles. The Hall–Kier alpha value is -2.02. The van der Waals surface area contributed by atoms with Crippen molar-refractivity contribution in [2.75, 3.05) is 12.0 Å². The molecule has 0 aliphatic heterocycles. The maximum atomic E-state index is 13.5. The summed E-state index contributed by atoms with van der Waals surface area (Å²) in [4.78, 5) is 7.67. The number of nitrogens with two attached hydrogens (primary N) is 1. The molecule has 0 aliphatic rings. The summed E-state index contributed by atoms with van der Waals surface area (Å²) >= 11 is 0. The summed E-state index contributed by atoms with van der Waals surface area (Å²) in [6, 6.07) is 6.10. The number of anilines is 1. The van der Waals surface area contributed by atoms with Crippen LogP contribution in [0.15, 0.2) is 30.5 Å². The molecule has 0 saturated carbocycles. The third kappa shape index (κ3) is 3.47. The van der Waals surface area contributed by atoms with Gasteiger partial charge in [-0.05, 0) is 29.8 Å². The van der Waals surface area contributed by atoms with Crippen LogP contribution >= 0.6 is 0 Å². The Balaban J connectivity index is 2.51. The fourth-order valence-electron chi connectivity index (χ4n) is 1.72. The number of hydrogen-bond acceptors (Lipinski definition) is 5. The summed E-state index contributed by atoms with van der Waals surface area (Å²) in [7, 11) is -2.74. The van der Waals surface area contributed by atoms with Gasteiger partial charge in [-0.25, -0.2) is 14.2 Å². The van der Waals surface area contributed by atoms with Gasteiger partial charge >= 0.3 is 0 Å². The SMILES string of the molecule is CS(=N)(=O)Cc1cc(F)nc(-c2cccnc2N)c1. The van der Waals surface area contributed by atoms with Crippen LogP contribution in [0, 0.1) is 10.7 Å². The van der Waals surface area contributed by atoms with E-state index in [-0.39, 0.29) is 11.6 Å². The largest absolute Gasteiger partial charge is 0.383 e.